The van der Waals surface area contributed by atoms with Gasteiger partial charge in [0, 0.05) is 30.6 Å². The summed E-state index contributed by atoms with van der Waals surface area (Å²) < 4.78 is 17.8. The molecule has 0 unspecified atom stereocenters. The zero-order valence-electron chi connectivity index (χ0n) is 18.7. The van der Waals surface area contributed by atoms with Gasteiger partial charge in [-0.3, -0.25) is 18.7 Å². The number of aromatic nitrogens is 5. The molecule has 0 atom stereocenters. The Hall–Kier alpha value is -4.38. The molecule has 0 saturated carbocycles. The van der Waals surface area contributed by atoms with Gasteiger partial charge in [-0.1, -0.05) is 30.3 Å². The van der Waals surface area contributed by atoms with Crippen molar-refractivity contribution in [2.75, 3.05) is 5.32 Å². The van der Waals surface area contributed by atoms with Crippen molar-refractivity contribution in [1.82, 2.24) is 23.7 Å². The van der Waals surface area contributed by atoms with Crippen molar-refractivity contribution < 1.29 is 9.18 Å². The number of anilines is 1. The molecule has 1 amide bonds. The van der Waals surface area contributed by atoms with Gasteiger partial charge in [-0.25, -0.2) is 19.2 Å². The van der Waals surface area contributed by atoms with Crippen LogP contribution in [0.15, 0.2) is 69.8 Å². The van der Waals surface area contributed by atoms with Crippen LogP contribution in [0.3, 0.4) is 0 Å². The second-order valence-electron chi connectivity index (χ2n) is 7.86. The van der Waals surface area contributed by atoms with Crippen molar-refractivity contribution in [3.05, 3.63) is 86.9 Å². The van der Waals surface area contributed by atoms with E-state index in [1.165, 1.54) is 47.0 Å². The second-order valence-corrected chi connectivity index (χ2v) is 8.72. The largest absolute Gasteiger partial charge is 0.332 e. The molecular weight excluding hydrogens is 471 g/mol. The third-order valence-corrected chi connectivity index (χ3v) is 6.49. The lowest BCUT2D eigenvalue weighted by molar-refractivity contribution is -0.116. The monoisotopic (exact) mass is 490 g/mol. The highest BCUT2D eigenvalue weighted by Crippen LogP contribution is 2.33. The van der Waals surface area contributed by atoms with Gasteiger partial charge in [0.05, 0.1) is 17.7 Å². The molecule has 0 aliphatic carbocycles. The Balaban J connectivity index is 1.44. The molecule has 11 heteroatoms. The van der Waals surface area contributed by atoms with E-state index >= 15 is 0 Å². The quantitative estimate of drug-likeness (QED) is 0.408. The average molecular weight is 491 g/mol. The molecule has 2 aromatic carbocycles. The van der Waals surface area contributed by atoms with Gasteiger partial charge < -0.3 is 9.88 Å². The summed E-state index contributed by atoms with van der Waals surface area (Å²) in [7, 11) is 2.89. The van der Waals surface area contributed by atoms with Crippen molar-refractivity contribution in [2.24, 2.45) is 14.1 Å². The first-order chi connectivity index (χ1) is 16.8. The summed E-state index contributed by atoms with van der Waals surface area (Å²) >= 11 is 1.31. The van der Waals surface area contributed by atoms with E-state index in [4.69, 9.17) is 0 Å². The van der Waals surface area contributed by atoms with Crippen LogP contribution in [0, 0.1) is 5.82 Å². The first-order valence-corrected chi connectivity index (χ1v) is 11.4. The fourth-order valence-electron chi connectivity index (χ4n) is 3.83. The van der Waals surface area contributed by atoms with Gasteiger partial charge in [0.15, 0.2) is 11.2 Å². The zero-order chi connectivity index (χ0) is 24.7. The van der Waals surface area contributed by atoms with E-state index in [2.05, 4.69) is 15.3 Å². The minimum Gasteiger partial charge on any atom is -0.324 e. The summed E-state index contributed by atoms with van der Waals surface area (Å²) in [4.78, 5) is 46.4. The highest BCUT2D eigenvalue weighted by molar-refractivity contribution is 7.13. The van der Waals surface area contributed by atoms with E-state index in [0.717, 1.165) is 4.57 Å². The van der Waals surface area contributed by atoms with Crippen LogP contribution in [0.1, 0.15) is 0 Å². The van der Waals surface area contributed by atoms with Crippen LogP contribution in [-0.2, 0) is 25.4 Å². The number of benzene rings is 2. The predicted molar refractivity (Wildman–Crippen MR) is 132 cm³/mol. The fourth-order valence-corrected chi connectivity index (χ4v) is 4.68. The average Bonchev–Trinajstić information content (AvgIpc) is 3.50. The van der Waals surface area contributed by atoms with Crippen LogP contribution in [0.5, 0.6) is 0 Å². The number of fused-ring (bicyclic) bond motifs is 1. The minimum atomic E-state index is -0.531. The number of halogens is 1. The molecule has 9 nitrogen and oxygen atoms in total. The van der Waals surface area contributed by atoms with Crippen LogP contribution in [0.4, 0.5) is 10.1 Å². The molecular formula is C24H19FN6O3S. The molecule has 176 valence electrons. The number of nitrogens with zero attached hydrogens (tertiary/aromatic N) is 5. The van der Waals surface area contributed by atoms with E-state index in [1.54, 1.807) is 35.7 Å². The Morgan fingerprint density at radius 1 is 1.03 bits per heavy atom. The Kier molecular flexibility index (Phi) is 5.61. The first-order valence-electron chi connectivity index (χ1n) is 10.6. The summed E-state index contributed by atoms with van der Waals surface area (Å²) in [5, 5.41) is 5.20. The molecule has 3 heterocycles. The van der Waals surface area contributed by atoms with E-state index in [0.29, 0.717) is 27.5 Å². The van der Waals surface area contributed by atoms with Crippen LogP contribution < -0.4 is 16.6 Å². The number of carbonyl (C=O) groups excluding carboxylic acids is 1. The van der Waals surface area contributed by atoms with Crippen molar-refractivity contribution in [3.63, 3.8) is 0 Å². The van der Waals surface area contributed by atoms with Crippen LogP contribution in [0.25, 0.3) is 33.0 Å². The number of hydrogen-bond donors (Lipinski definition) is 1. The summed E-state index contributed by atoms with van der Waals surface area (Å²) in [6.07, 6.45) is 1.36. The topological polar surface area (TPSA) is 104 Å². The second kappa shape index (κ2) is 8.76. The van der Waals surface area contributed by atoms with Crippen molar-refractivity contribution in [2.45, 2.75) is 6.54 Å². The number of carbonyl (C=O) groups is 1. The molecule has 0 spiro atoms. The predicted octanol–water partition coefficient (Wildman–Crippen LogP) is 3.00. The molecule has 1 N–H and O–H groups in total. The minimum absolute atomic E-state index is 0.159. The number of hydrogen-bond acceptors (Lipinski definition) is 6. The lowest BCUT2D eigenvalue weighted by atomic mass is 10.1. The lowest BCUT2D eigenvalue weighted by Gasteiger charge is -2.11. The van der Waals surface area contributed by atoms with Crippen LogP contribution >= 0.6 is 11.3 Å². The van der Waals surface area contributed by atoms with E-state index < -0.39 is 17.2 Å². The van der Waals surface area contributed by atoms with E-state index in [9.17, 15) is 18.8 Å². The number of aryl methyl sites for hydroxylation is 1. The fraction of sp³-hybridized carbons (Fsp3) is 0.125. The number of rotatable bonds is 5. The molecule has 0 fully saturated rings. The third-order valence-electron chi connectivity index (χ3n) is 5.62. The maximum absolute atomic E-state index is 14.2. The normalized spacial score (nSPS) is 11.2. The highest BCUT2D eigenvalue weighted by Gasteiger charge is 2.18. The molecule has 0 saturated heterocycles. The number of thiazole rings is 1. The summed E-state index contributed by atoms with van der Waals surface area (Å²) in [5.74, 6) is -0.747. The van der Waals surface area contributed by atoms with Crippen LogP contribution in [0.2, 0.25) is 0 Å². The lowest BCUT2D eigenvalue weighted by Crippen LogP contribution is -2.37. The highest BCUT2D eigenvalue weighted by atomic mass is 32.1. The standard InChI is InChI=1S/C24H19FN6O3S/c1-29-21-20(23(33)30(2)24(29)34)31(13-26-21)11-19(32)27-17-10-6-4-8-15(17)18-12-35-22(28-18)14-7-3-5-9-16(14)25/h3-10,12-13H,11H2,1-2H3,(H,27,32). The van der Waals surface area contributed by atoms with Gasteiger partial charge in [0.1, 0.15) is 17.4 Å². The van der Waals surface area contributed by atoms with Gasteiger partial charge in [0.2, 0.25) is 5.91 Å². The molecule has 5 aromatic rings. The van der Waals surface area contributed by atoms with E-state index in [-0.39, 0.29) is 23.5 Å². The molecule has 3 aromatic heterocycles. The molecule has 0 aliphatic rings. The summed E-state index contributed by atoms with van der Waals surface area (Å²) in [6.45, 7) is -0.185. The zero-order valence-corrected chi connectivity index (χ0v) is 19.5. The van der Waals surface area contributed by atoms with Gasteiger partial charge in [-0.2, -0.15) is 0 Å². The van der Waals surface area contributed by atoms with Gasteiger partial charge in [-0.05, 0) is 18.2 Å². The summed E-state index contributed by atoms with van der Waals surface area (Å²) in [6, 6.07) is 13.6. The Morgan fingerprint density at radius 3 is 2.51 bits per heavy atom. The van der Waals surface area contributed by atoms with Gasteiger partial charge in [0.25, 0.3) is 5.56 Å². The summed E-state index contributed by atoms with van der Waals surface area (Å²) in [5.41, 5.74) is 1.54. The first kappa shape index (κ1) is 22.4. The van der Waals surface area contributed by atoms with Crippen molar-refractivity contribution >= 4 is 34.1 Å². The molecule has 0 radical (unpaired) electrons. The van der Waals surface area contributed by atoms with Crippen LogP contribution in [-0.4, -0.2) is 29.6 Å². The molecule has 0 aliphatic heterocycles. The van der Waals surface area contributed by atoms with Crippen molar-refractivity contribution in [1.29, 1.82) is 0 Å². The number of imidazole rings is 1. The van der Waals surface area contributed by atoms with E-state index in [1.807, 2.05) is 12.1 Å². The molecule has 0 bridgehead atoms. The van der Waals surface area contributed by atoms with Gasteiger partial charge in [-0.15, -0.1) is 11.3 Å². The Morgan fingerprint density at radius 2 is 1.74 bits per heavy atom. The third kappa shape index (κ3) is 3.95. The molecule has 35 heavy (non-hydrogen) atoms. The Bertz CT molecular complexity index is 1710. The van der Waals surface area contributed by atoms with Crippen molar-refractivity contribution in [3.8, 4) is 21.8 Å². The Labute approximate surface area is 201 Å². The maximum Gasteiger partial charge on any atom is 0.332 e. The smallest absolute Gasteiger partial charge is 0.324 e. The number of amides is 1. The number of para-hydroxylation sites is 1. The van der Waals surface area contributed by atoms with Gasteiger partial charge >= 0.3 is 5.69 Å². The number of nitrogens with one attached hydrogen (secondary N) is 1. The SMILES string of the molecule is Cn1c(=O)c2c(ncn2CC(=O)Nc2ccccc2-c2csc(-c3ccccc3F)n2)n(C)c1=O. The molecule has 5 rings (SSSR count). The maximum atomic E-state index is 14.2.